The van der Waals surface area contributed by atoms with E-state index in [1.165, 1.54) is 0 Å². The Kier molecular flexibility index (Phi) is 14.0. The smallest absolute Gasteiger partial charge is 0.490 e. The average Bonchev–Trinajstić information content (AvgIpc) is 3.13. The zero-order chi connectivity index (χ0) is 32.7. The highest BCUT2D eigenvalue weighted by atomic mass is 16.6. The highest BCUT2D eigenvalue weighted by Gasteiger charge is 2.27. The lowest BCUT2D eigenvalue weighted by atomic mass is 9.78. The molecule has 0 radical (unpaired) electrons. The predicted molar refractivity (Wildman–Crippen MR) is 180 cm³/mol. The van der Waals surface area contributed by atoms with Crippen molar-refractivity contribution < 1.29 is 47.1 Å². The Labute approximate surface area is 277 Å². The Morgan fingerprint density at radius 3 is 1.68 bits per heavy atom. The number of hydrogen-bond acceptors (Lipinski definition) is 11. The second-order valence-electron chi connectivity index (χ2n) is 10.8. The van der Waals surface area contributed by atoms with E-state index >= 15 is 0 Å². The molecule has 11 nitrogen and oxygen atoms in total. The van der Waals surface area contributed by atoms with Crippen molar-refractivity contribution in [2.75, 3.05) is 84.7 Å². The summed E-state index contributed by atoms with van der Waals surface area (Å²) in [5.74, 6) is -0.0587. The van der Waals surface area contributed by atoms with E-state index in [1.54, 1.807) is 26.2 Å². The lowest BCUT2D eigenvalue weighted by Gasteiger charge is -2.27. The molecule has 2 heterocycles. The Morgan fingerprint density at radius 2 is 1.17 bits per heavy atom. The first-order valence-electron chi connectivity index (χ1n) is 16.2. The van der Waals surface area contributed by atoms with Gasteiger partial charge in [0.05, 0.1) is 39.6 Å². The van der Waals surface area contributed by atoms with Gasteiger partial charge in [-0.1, -0.05) is 24.3 Å². The molecule has 0 N–H and O–H groups in total. The molecule has 0 aromatic heterocycles. The van der Waals surface area contributed by atoms with E-state index in [2.05, 4.69) is 4.90 Å². The third-order valence-corrected chi connectivity index (χ3v) is 7.51. The Balaban J connectivity index is 1.38. The minimum absolute atomic E-state index is 0.234. The molecule has 0 aliphatic carbocycles. The highest BCUT2D eigenvalue weighted by molar-refractivity contribution is 6.61. The summed E-state index contributed by atoms with van der Waals surface area (Å²) >= 11 is 0. The maximum absolute atomic E-state index is 13.2. The van der Waals surface area contributed by atoms with Crippen LogP contribution in [0.25, 0.3) is 0 Å². The van der Waals surface area contributed by atoms with E-state index in [1.807, 2.05) is 54.6 Å². The van der Waals surface area contributed by atoms with Crippen LogP contribution in [-0.2, 0) is 37.6 Å². The van der Waals surface area contributed by atoms with Crippen molar-refractivity contribution >= 4 is 48.2 Å². The molecule has 0 amide bonds. The summed E-state index contributed by atoms with van der Waals surface area (Å²) in [5, 5.41) is 0. The third kappa shape index (κ3) is 10.0. The number of rotatable bonds is 17. The predicted octanol–water partition coefficient (Wildman–Crippen LogP) is 3.66. The van der Waals surface area contributed by atoms with Crippen molar-refractivity contribution in [1.82, 2.24) is 0 Å². The largest absolute Gasteiger partial charge is 0.493 e. The number of anilines is 3. The maximum atomic E-state index is 13.2. The minimum Gasteiger partial charge on any atom is -0.490 e. The number of hydrogen-bond donors (Lipinski definition) is 0. The molecule has 250 valence electrons. The van der Waals surface area contributed by atoms with Gasteiger partial charge < -0.3 is 47.2 Å². The highest BCUT2D eigenvalue weighted by Crippen LogP contribution is 2.36. The van der Waals surface area contributed by atoms with Crippen LogP contribution in [0.1, 0.15) is 30.1 Å². The number of nitrogens with zero attached hydrogens (tertiary/aromatic N) is 1. The molecule has 5 rings (SSSR count). The number of carbonyl (C=O) groups is 1. The van der Waals surface area contributed by atoms with E-state index in [9.17, 15) is 4.79 Å². The summed E-state index contributed by atoms with van der Waals surface area (Å²) in [6, 6.07) is 21.6. The van der Waals surface area contributed by atoms with E-state index in [0.29, 0.717) is 70.8 Å². The van der Waals surface area contributed by atoms with Gasteiger partial charge >= 0.3 is 20.2 Å². The molecule has 0 saturated carbocycles. The standard InChI is InChI=1S/C34H43B2NO10/c1-3-42-34(38)32-26-31(14-15-33(32)43-25-24-41-23-22-40-21-20-39-2)37(29-10-6-27(7-11-29)35-44-16-4-17-45-35)30-12-8-28(9-13-30)36-46-18-5-19-47-36/h6-15,26H,3-5,16-25H2,1-2H3. The molecule has 2 saturated heterocycles. The van der Waals surface area contributed by atoms with Gasteiger partial charge in [-0.2, -0.15) is 0 Å². The van der Waals surface area contributed by atoms with Crippen LogP contribution in [0.4, 0.5) is 17.1 Å². The monoisotopic (exact) mass is 647 g/mol. The molecule has 3 aromatic carbocycles. The van der Waals surface area contributed by atoms with Crippen LogP contribution in [0.3, 0.4) is 0 Å². The van der Waals surface area contributed by atoms with Crippen molar-refractivity contribution in [3.8, 4) is 5.75 Å². The first-order valence-corrected chi connectivity index (χ1v) is 16.2. The van der Waals surface area contributed by atoms with Gasteiger partial charge in [0, 0.05) is 50.6 Å². The van der Waals surface area contributed by atoms with Crippen LogP contribution in [-0.4, -0.2) is 100.0 Å². The van der Waals surface area contributed by atoms with Crippen molar-refractivity contribution in [3.63, 3.8) is 0 Å². The van der Waals surface area contributed by atoms with Crippen LogP contribution >= 0.6 is 0 Å². The maximum Gasteiger partial charge on any atom is 0.493 e. The Bertz CT molecular complexity index is 1300. The fourth-order valence-corrected chi connectivity index (χ4v) is 5.19. The fourth-order valence-electron chi connectivity index (χ4n) is 5.19. The van der Waals surface area contributed by atoms with Crippen molar-refractivity contribution in [3.05, 3.63) is 72.3 Å². The van der Waals surface area contributed by atoms with Gasteiger partial charge in [0.15, 0.2) is 0 Å². The second kappa shape index (κ2) is 18.8. The number of methoxy groups -OCH3 is 1. The van der Waals surface area contributed by atoms with Crippen LogP contribution in [0.15, 0.2) is 66.7 Å². The molecular formula is C34H43B2NO10. The summed E-state index contributed by atoms with van der Waals surface area (Å²) in [4.78, 5) is 15.2. The van der Waals surface area contributed by atoms with Crippen LogP contribution in [0.5, 0.6) is 5.75 Å². The van der Waals surface area contributed by atoms with Gasteiger partial charge in [-0.3, -0.25) is 0 Å². The molecule has 0 atom stereocenters. The van der Waals surface area contributed by atoms with Gasteiger partial charge in [-0.25, -0.2) is 4.79 Å². The fraction of sp³-hybridized carbons (Fsp3) is 0.441. The summed E-state index contributed by atoms with van der Waals surface area (Å²) in [7, 11) is 0.854. The Morgan fingerprint density at radius 1 is 0.681 bits per heavy atom. The first kappa shape index (κ1) is 34.9. The summed E-state index contributed by atoms with van der Waals surface area (Å²) in [6.07, 6.45) is 1.77. The quantitative estimate of drug-likeness (QED) is 0.122. The molecule has 3 aromatic rings. The number of ether oxygens (including phenoxy) is 5. The van der Waals surface area contributed by atoms with E-state index in [0.717, 1.165) is 40.8 Å². The molecule has 2 fully saturated rings. The van der Waals surface area contributed by atoms with Crippen molar-refractivity contribution in [2.45, 2.75) is 19.8 Å². The minimum atomic E-state index is -0.472. The molecule has 13 heteroatoms. The molecule has 0 spiro atoms. The molecular weight excluding hydrogens is 604 g/mol. The van der Waals surface area contributed by atoms with Crippen molar-refractivity contribution in [2.24, 2.45) is 0 Å². The van der Waals surface area contributed by atoms with Gasteiger partial charge in [-0.05, 0) is 73.2 Å². The molecule has 2 aliphatic rings. The summed E-state index contributed by atoms with van der Waals surface area (Å²) in [5.41, 5.74) is 4.71. The second-order valence-corrected chi connectivity index (χ2v) is 10.8. The number of benzene rings is 3. The van der Waals surface area contributed by atoms with Crippen LogP contribution in [0, 0.1) is 0 Å². The van der Waals surface area contributed by atoms with Crippen molar-refractivity contribution in [1.29, 1.82) is 0 Å². The Hall–Kier alpha value is -3.42. The van der Waals surface area contributed by atoms with E-state index < -0.39 is 5.97 Å². The number of esters is 1. The van der Waals surface area contributed by atoms with Gasteiger partial charge in [0.1, 0.15) is 17.9 Å². The first-order chi connectivity index (χ1) is 23.2. The SMILES string of the molecule is CCOC(=O)c1cc(N(c2ccc(B3OCCCO3)cc2)c2ccc(B3OCCCO3)cc2)ccc1OCCOCCOCCOC. The zero-order valence-electron chi connectivity index (χ0n) is 27.2. The lowest BCUT2D eigenvalue weighted by molar-refractivity contribution is 0.0178. The number of carbonyl (C=O) groups excluding carboxylic acids is 1. The third-order valence-electron chi connectivity index (χ3n) is 7.51. The normalized spacial score (nSPS) is 15.0. The topological polar surface area (TPSA) is 103 Å². The summed E-state index contributed by atoms with van der Waals surface area (Å²) in [6.45, 7) is 7.23. The van der Waals surface area contributed by atoms with Gasteiger partial charge in [-0.15, -0.1) is 0 Å². The zero-order valence-corrected chi connectivity index (χ0v) is 27.2. The summed E-state index contributed by atoms with van der Waals surface area (Å²) < 4.78 is 50.7. The molecule has 0 bridgehead atoms. The molecule has 47 heavy (non-hydrogen) atoms. The molecule has 2 aliphatic heterocycles. The van der Waals surface area contributed by atoms with Crippen LogP contribution < -0.4 is 20.6 Å². The molecule has 0 unspecified atom stereocenters. The lowest BCUT2D eigenvalue weighted by Crippen LogP contribution is -2.41. The average molecular weight is 647 g/mol. The van der Waals surface area contributed by atoms with E-state index in [-0.39, 0.29) is 27.5 Å². The van der Waals surface area contributed by atoms with E-state index in [4.69, 9.17) is 42.3 Å². The van der Waals surface area contributed by atoms with Gasteiger partial charge in [0.2, 0.25) is 0 Å². The van der Waals surface area contributed by atoms with Gasteiger partial charge in [0.25, 0.3) is 0 Å². The van der Waals surface area contributed by atoms with Crippen LogP contribution in [0.2, 0.25) is 0 Å².